The number of aromatic nitrogens is 1. The number of rotatable bonds is 3. The number of nitrogens with zero attached hydrogens (tertiary/aromatic N) is 1. The zero-order valence-electron chi connectivity index (χ0n) is 9.03. The molecule has 0 spiro atoms. The molecule has 1 heterocycles. The van der Waals surface area contributed by atoms with Gasteiger partial charge in [0.2, 0.25) is 0 Å². The van der Waals surface area contributed by atoms with Crippen LogP contribution >= 0.6 is 0 Å². The van der Waals surface area contributed by atoms with Gasteiger partial charge in [-0.05, 0) is 25.1 Å². The van der Waals surface area contributed by atoms with E-state index in [4.69, 9.17) is 4.74 Å². The lowest BCUT2D eigenvalue weighted by Gasteiger charge is -2.02. The minimum Gasteiger partial charge on any atom is -0.497 e. The minimum atomic E-state index is 0.0661. The molecule has 0 bridgehead atoms. The number of fused-ring (bicyclic) bond motifs is 1. The highest BCUT2D eigenvalue weighted by Gasteiger charge is 2.07. The van der Waals surface area contributed by atoms with E-state index in [1.54, 1.807) is 7.11 Å². The van der Waals surface area contributed by atoms with E-state index in [-0.39, 0.29) is 6.61 Å². The van der Waals surface area contributed by atoms with Crippen LogP contribution in [0.2, 0.25) is 0 Å². The van der Waals surface area contributed by atoms with Gasteiger partial charge in [-0.15, -0.1) is 0 Å². The first-order valence-corrected chi connectivity index (χ1v) is 5.06. The molecule has 0 fully saturated rings. The van der Waals surface area contributed by atoms with Gasteiger partial charge in [0.25, 0.3) is 0 Å². The van der Waals surface area contributed by atoms with E-state index in [0.717, 1.165) is 28.8 Å². The fraction of sp³-hybridized carbons (Fsp3) is 0.333. The highest BCUT2D eigenvalue weighted by molar-refractivity contribution is 5.85. The molecular weight excluding hydrogens is 190 g/mol. The summed E-state index contributed by atoms with van der Waals surface area (Å²) in [5.74, 6) is 0.825. The van der Waals surface area contributed by atoms with Gasteiger partial charge in [0, 0.05) is 29.2 Å². The average Bonchev–Trinajstić information content (AvgIpc) is 2.65. The molecule has 0 radical (unpaired) electrons. The van der Waals surface area contributed by atoms with Gasteiger partial charge >= 0.3 is 0 Å². The molecule has 1 aromatic carbocycles. The molecule has 0 aliphatic carbocycles. The summed E-state index contributed by atoms with van der Waals surface area (Å²) >= 11 is 0. The molecule has 3 nitrogen and oxygen atoms in total. The summed E-state index contributed by atoms with van der Waals surface area (Å²) in [5, 5.41) is 10.3. The first-order valence-electron chi connectivity index (χ1n) is 5.06. The molecule has 0 amide bonds. The molecule has 0 saturated carbocycles. The Hall–Kier alpha value is -1.48. The molecule has 1 aromatic heterocycles. The van der Waals surface area contributed by atoms with Gasteiger partial charge < -0.3 is 14.4 Å². The number of ether oxygens (including phenoxy) is 1. The molecule has 2 rings (SSSR count). The monoisotopic (exact) mass is 205 g/mol. The second kappa shape index (κ2) is 3.95. The first-order chi connectivity index (χ1) is 7.30. The van der Waals surface area contributed by atoms with Crippen molar-refractivity contribution in [2.45, 2.75) is 20.1 Å². The van der Waals surface area contributed by atoms with Crippen LogP contribution in [-0.4, -0.2) is 16.8 Å². The number of aliphatic hydroxyl groups is 1. The Morgan fingerprint density at radius 2 is 2.20 bits per heavy atom. The highest BCUT2D eigenvalue weighted by Crippen LogP contribution is 2.25. The summed E-state index contributed by atoms with van der Waals surface area (Å²) in [7, 11) is 1.65. The van der Waals surface area contributed by atoms with Crippen molar-refractivity contribution < 1.29 is 9.84 Å². The van der Waals surface area contributed by atoms with Crippen LogP contribution in [0.15, 0.2) is 24.4 Å². The zero-order valence-corrected chi connectivity index (χ0v) is 9.03. The summed E-state index contributed by atoms with van der Waals surface area (Å²) in [6, 6.07) is 5.93. The lowest BCUT2D eigenvalue weighted by atomic mass is 10.2. The standard InChI is InChI=1S/C12H15NO2/c1-3-13-7-9(8-14)11-6-10(15-2)4-5-12(11)13/h4-7,14H,3,8H2,1-2H3. The van der Waals surface area contributed by atoms with E-state index in [9.17, 15) is 5.11 Å². The molecule has 15 heavy (non-hydrogen) atoms. The van der Waals surface area contributed by atoms with Crippen LogP contribution < -0.4 is 4.74 Å². The van der Waals surface area contributed by atoms with Gasteiger partial charge in [0.15, 0.2) is 0 Å². The predicted octanol–water partition coefficient (Wildman–Crippen LogP) is 2.16. The topological polar surface area (TPSA) is 34.4 Å². The number of benzene rings is 1. The van der Waals surface area contributed by atoms with Crippen molar-refractivity contribution in [1.82, 2.24) is 4.57 Å². The van der Waals surface area contributed by atoms with Crippen molar-refractivity contribution in [1.29, 1.82) is 0 Å². The number of methoxy groups -OCH3 is 1. The fourth-order valence-electron chi connectivity index (χ4n) is 1.86. The van der Waals surface area contributed by atoms with Crippen LogP contribution in [0.1, 0.15) is 12.5 Å². The summed E-state index contributed by atoms with van der Waals surface area (Å²) < 4.78 is 7.30. The van der Waals surface area contributed by atoms with E-state index in [0.29, 0.717) is 0 Å². The first kappa shape index (κ1) is 10.1. The second-order valence-electron chi connectivity index (χ2n) is 3.48. The van der Waals surface area contributed by atoms with Crippen LogP contribution in [0.5, 0.6) is 5.75 Å². The fourth-order valence-corrected chi connectivity index (χ4v) is 1.86. The smallest absolute Gasteiger partial charge is 0.119 e. The van der Waals surface area contributed by atoms with Crippen LogP contribution in [0.3, 0.4) is 0 Å². The molecule has 80 valence electrons. The molecule has 0 aliphatic heterocycles. The van der Waals surface area contributed by atoms with Crippen molar-refractivity contribution in [3.05, 3.63) is 30.0 Å². The maximum atomic E-state index is 9.25. The Bertz CT molecular complexity index is 474. The van der Waals surface area contributed by atoms with Gasteiger partial charge in [0.1, 0.15) is 5.75 Å². The van der Waals surface area contributed by atoms with E-state index in [2.05, 4.69) is 11.5 Å². The molecule has 0 atom stereocenters. The summed E-state index contributed by atoms with van der Waals surface area (Å²) in [4.78, 5) is 0. The van der Waals surface area contributed by atoms with Crippen molar-refractivity contribution in [2.75, 3.05) is 7.11 Å². The van der Waals surface area contributed by atoms with E-state index >= 15 is 0 Å². The molecule has 0 aliphatic rings. The van der Waals surface area contributed by atoms with Crippen LogP contribution in [0, 0.1) is 0 Å². The van der Waals surface area contributed by atoms with Crippen molar-refractivity contribution in [3.63, 3.8) is 0 Å². The maximum Gasteiger partial charge on any atom is 0.119 e. The molecule has 3 heteroatoms. The SMILES string of the molecule is CCn1cc(CO)c2cc(OC)ccc21. The highest BCUT2D eigenvalue weighted by atomic mass is 16.5. The summed E-state index contributed by atoms with van der Waals surface area (Å²) in [6.45, 7) is 3.06. The number of aryl methyl sites for hydroxylation is 1. The lowest BCUT2D eigenvalue weighted by Crippen LogP contribution is -1.90. The summed E-state index contributed by atoms with van der Waals surface area (Å²) in [5.41, 5.74) is 2.09. The Kier molecular flexibility index (Phi) is 2.64. The summed E-state index contributed by atoms with van der Waals surface area (Å²) in [6.07, 6.45) is 1.99. The van der Waals surface area contributed by atoms with E-state index in [1.807, 2.05) is 24.4 Å². The van der Waals surface area contributed by atoms with Gasteiger partial charge in [0.05, 0.1) is 13.7 Å². The largest absolute Gasteiger partial charge is 0.497 e. The third kappa shape index (κ3) is 1.59. The maximum absolute atomic E-state index is 9.25. The number of hydrogen-bond acceptors (Lipinski definition) is 2. The zero-order chi connectivity index (χ0) is 10.8. The van der Waals surface area contributed by atoms with E-state index < -0.39 is 0 Å². The van der Waals surface area contributed by atoms with Gasteiger partial charge in [-0.3, -0.25) is 0 Å². The van der Waals surface area contributed by atoms with Gasteiger partial charge in [-0.25, -0.2) is 0 Å². The Balaban J connectivity index is 2.68. The number of aliphatic hydroxyl groups excluding tert-OH is 1. The third-order valence-electron chi connectivity index (χ3n) is 2.68. The third-order valence-corrected chi connectivity index (χ3v) is 2.68. The van der Waals surface area contributed by atoms with Crippen LogP contribution in [0.4, 0.5) is 0 Å². The van der Waals surface area contributed by atoms with Crippen LogP contribution in [-0.2, 0) is 13.2 Å². The molecule has 2 aromatic rings. The normalized spacial score (nSPS) is 10.9. The molecule has 0 unspecified atom stereocenters. The lowest BCUT2D eigenvalue weighted by molar-refractivity contribution is 0.283. The molecular formula is C12H15NO2. The Morgan fingerprint density at radius 1 is 1.40 bits per heavy atom. The Labute approximate surface area is 88.9 Å². The van der Waals surface area contributed by atoms with Crippen molar-refractivity contribution in [3.8, 4) is 5.75 Å². The van der Waals surface area contributed by atoms with Crippen LogP contribution in [0.25, 0.3) is 10.9 Å². The average molecular weight is 205 g/mol. The predicted molar refractivity (Wildman–Crippen MR) is 60.1 cm³/mol. The van der Waals surface area contributed by atoms with Crippen molar-refractivity contribution >= 4 is 10.9 Å². The quantitative estimate of drug-likeness (QED) is 0.833. The van der Waals surface area contributed by atoms with Gasteiger partial charge in [-0.1, -0.05) is 0 Å². The molecule has 0 saturated heterocycles. The second-order valence-corrected chi connectivity index (χ2v) is 3.48. The van der Waals surface area contributed by atoms with E-state index in [1.165, 1.54) is 0 Å². The van der Waals surface area contributed by atoms with Gasteiger partial charge in [-0.2, -0.15) is 0 Å². The minimum absolute atomic E-state index is 0.0661. The van der Waals surface area contributed by atoms with Crippen molar-refractivity contribution in [2.24, 2.45) is 0 Å². The molecule has 1 N–H and O–H groups in total. The number of hydrogen-bond donors (Lipinski definition) is 1. The Morgan fingerprint density at radius 3 is 2.80 bits per heavy atom.